The number of benzene rings is 2. The average molecular weight is 978 g/mol. The fourth-order valence-electron chi connectivity index (χ4n) is 9.67. The van der Waals surface area contributed by atoms with E-state index in [0.29, 0.717) is 13.0 Å². The zero-order chi connectivity index (χ0) is 51.1. The summed E-state index contributed by atoms with van der Waals surface area (Å²) in [6.45, 7) is 7.12. The highest BCUT2D eigenvalue weighted by molar-refractivity contribution is 6.03. The Morgan fingerprint density at radius 3 is 1.00 bits per heavy atom. The molecular formula is C62H104O8. The minimum Gasteiger partial charge on any atom is -0.478 e. The molecule has 0 bridgehead atoms. The second-order valence-corrected chi connectivity index (χ2v) is 20.3. The summed E-state index contributed by atoms with van der Waals surface area (Å²) in [7, 11) is 0. The Bertz CT molecular complexity index is 1600. The van der Waals surface area contributed by atoms with Crippen molar-refractivity contribution >= 4 is 23.9 Å². The lowest BCUT2D eigenvalue weighted by molar-refractivity contribution is 0.0487. The van der Waals surface area contributed by atoms with Crippen LogP contribution < -0.4 is 0 Å². The molecule has 70 heavy (non-hydrogen) atoms. The van der Waals surface area contributed by atoms with Crippen molar-refractivity contribution in [3.05, 3.63) is 69.8 Å². The van der Waals surface area contributed by atoms with Gasteiger partial charge in [-0.25, -0.2) is 19.2 Å². The Morgan fingerprint density at radius 2 is 0.657 bits per heavy atom. The molecule has 3 N–H and O–H groups in total. The molecule has 400 valence electrons. The van der Waals surface area contributed by atoms with E-state index in [-0.39, 0.29) is 22.3 Å². The highest BCUT2D eigenvalue weighted by Gasteiger charge is 2.23. The molecule has 0 aliphatic carbocycles. The monoisotopic (exact) mass is 977 g/mol. The number of aryl methyl sites for hydroxylation is 1. The van der Waals surface area contributed by atoms with Crippen molar-refractivity contribution in [2.75, 3.05) is 6.61 Å². The number of carboxylic acid groups (broad SMARTS) is 3. The Balaban J connectivity index is 0.000000701. The smallest absolute Gasteiger partial charge is 0.339 e. The van der Waals surface area contributed by atoms with E-state index in [1.54, 1.807) is 12.1 Å². The summed E-state index contributed by atoms with van der Waals surface area (Å²) in [5.41, 5.74) is 1.87. The molecule has 0 fully saturated rings. The standard InChI is InChI=1S/C32H54O4.C30H50O4/c1-3-5-7-9-11-13-15-17-19-21-23-27-25-26-29(31(33)34)30(32(35)36)28(27)24-22-20-18-16-14-12-10-8-6-4-2;1-2-3-4-5-6-7-8-9-10-11-12-13-14-15-16-17-18-19-20-23-26-34-30(33)28-25-22-21-24-27(28)29(31)32/h25-26H,3-24H2,1-2H3,(H,33,34)(H,35,36);21-22,24-25H,2-20,23,26H2,1H3,(H,31,32). The molecule has 8 heteroatoms. The summed E-state index contributed by atoms with van der Waals surface area (Å²) in [6, 6.07) is 9.56. The van der Waals surface area contributed by atoms with Crippen molar-refractivity contribution in [1.82, 2.24) is 0 Å². The largest absolute Gasteiger partial charge is 0.478 e. The number of hydrogen-bond acceptors (Lipinski definition) is 5. The quantitative estimate of drug-likeness (QED) is 0.0440. The third-order valence-corrected chi connectivity index (χ3v) is 14.0. The zero-order valence-corrected chi connectivity index (χ0v) is 45.3. The van der Waals surface area contributed by atoms with Gasteiger partial charge in [0, 0.05) is 0 Å². The first-order chi connectivity index (χ1) is 34.2. The summed E-state index contributed by atoms with van der Waals surface area (Å²) in [4.78, 5) is 47.0. The molecule has 0 atom stereocenters. The van der Waals surface area contributed by atoms with Gasteiger partial charge in [0.15, 0.2) is 0 Å². The molecule has 2 aromatic carbocycles. The topological polar surface area (TPSA) is 138 Å². The number of carbonyl (C=O) groups is 4. The fraction of sp³-hybridized carbons (Fsp3) is 0.742. The van der Waals surface area contributed by atoms with Crippen LogP contribution in [0.15, 0.2) is 36.4 Å². The van der Waals surface area contributed by atoms with Crippen molar-refractivity contribution in [1.29, 1.82) is 0 Å². The molecule has 0 aromatic heterocycles. The van der Waals surface area contributed by atoms with Gasteiger partial charge in [0.1, 0.15) is 0 Å². The van der Waals surface area contributed by atoms with Crippen molar-refractivity contribution in [3.8, 4) is 0 Å². The lowest BCUT2D eigenvalue weighted by atomic mass is 9.89. The van der Waals surface area contributed by atoms with Gasteiger partial charge in [-0.05, 0) is 61.4 Å². The number of esters is 1. The summed E-state index contributed by atoms with van der Waals surface area (Å²) < 4.78 is 5.25. The minimum absolute atomic E-state index is 0.00371. The summed E-state index contributed by atoms with van der Waals surface area (Å²) in [6.07, 6.45) is 53.1. The predicted octanol–water partition coefficient (Wildman–Crippen LogP) is 19.4. The molecule has 0 heterocycles. The molecule has 0 saturated carbocycles. The van der Waals surface area contributed by atoms with Crippen LogP contribution >= 0.6 is 0 Å². The summed E-state index contributed by atoms with van der Waals surface area (Å²) in [5, 5.41) is 28.6. The number of ether oxygens (including phenoxy) is 1. The van der Waals surface area contributed by atoms with E-state index in [1.165, 1.54) is 237 Å². The van der Waals surface area contributed by atoms with Gasteiger partial charge in [-0.1, -0.05) is 277 Å². The fourth-order valence-corrected chi connectivity index (χ4v) is 9.67. The van der Waals surface area contributed by atoms with Gasteiger partial charge in [0.2, 0.25) is 0 Å². The van der Waals surface area contributed by atoms with Gasteiger partial charge in [-0.2, -0.15) is 0 Å². The molecule has 2 aromatic rings. The molecule has 0 amide bonds. The summed E-state index contributed by atoms with van der Waals surface area (Å²) in [5.74, 6) is -3.91. The molecule has 0 spiro atoms. The van der Waals surface area contributed by atoms with Crippen molar-refractivity contribution in [2.45, 2.75) is 290 Å². The van der Waals surface area contributed by atoms with Crippen LogP contribution in [0.3, 0.4) is 0 Å². The summed E-state index contributed by atoms with van der Waals surface area (Å²) >= 11 is 0. The van der Waals surface area contributed by atoms with E-state index in [1.807, 2.05) is 6.07 Å². The Kier molecular flexibility index (Phi) is 42.6. The molecule has 2 rings (SSSR count). The Morgan fingerprint density at radius 1 is 0.343 bits per heavy atom. The zero-order valence-electron chi connectivity index (χ0n) is 45.3. The second kappa shape index (κ2) is 46.4. The number of unbranched alkanes of at least 4 members (excludes halogenated alkanes) is 37. The van der Waals surface area contributed by atoms with Gasteiger partial charge < -0.3 is 20.1 Å². The van der Waals surface area contributed by atoms with Gasteiger partial charge in [0.25, 0.3) is 0 Å². The third-order valence-electron chi connectivity index (χ3n) is 14.0. The molecule has 0 aliphatic rings. The van der Waals surface area contributed by atoms with Gasteiger partial charge in [-0.3, -0.25) is 0 Å². The number of carboxylic acids is 3. The van der Waals surface area contributed by atoms with Crippen LogP contribution in [0.25, 0.3) is 0 Å². The molecular weight excluding hydrogens is 873 g/mol. The number of hydrogen-bond donors (Lipinski definition) is 3. The average Bonchev–Trinajstić information content (AvgIpc) is 3.35. The van der Waals surface area contributed by atoms with Crippen LogP contribution in [0.2, 0.25) is 0 Å². The van der Waals surface area contributed by atoms with Crippen LogP contribution in [0.4, 0.5) is 0 Å². The van der Waals surface area contributed by atoms with Crippen LogP contribution in [0, 0.1) is 0 Å². The minimum atomic E-state index is -1.15. The molecule has 8 nitrogen and oxygen atoms in total. The maximum Gasteiger partial charge on any atom is 0.339 e. The van der Waals surface area contributed by atoms with Crippen molar-refractivity contribution in [3.63, 3.8) is 0 Å². The normalized spacial score (nSPS) is 11.1. The van der Waals surface area contributed by atoms with Crippen LogP contribution in [0.5, 0.6) is 0 Å². The first-order valence-electron chi connectivity index (χ1n) is 29.3. The highest BCUT2D eigenvalue weighted by atomic mass is 16.5. The SMILES string of the molecule is CCCCCCCCCCCCCCCCCCCCCCOC(=O)c1ccccc1C(=O)O.CCCCCCCCCCCCc1ccc(C(=O)O)c(C(=O)O)c1CCCCCCCCCCCC. The van der Waals surface area contributed by atoms with Gasteiger partial charge in [0.05, 0.1) is 28.9 Å². The van der Waals surface area contributed by atoms with Gasteiger partial charge >= 0.3 is 23.9 Å². The van der Waals surface area contributed by atoms with E-state index in [0.717, 1.165) is 56.1 Å². The highest BCUT2D eigenvalue weighted by Crippen LogP contribution is 2.26. The maximum absolute atomic E-state index is 12.1. The Labute approximate surface area is 428 Å². The van der Waals surface area contributed by atoms with Crippen LogP contribution in [-0.2, 0) is 17.6 Å². The first kappa shape index (κ1) is 64.3. The van der Waals surface area contributed by atoms with E-state index < -0.39 is 23.9 Å². The first-order valence-corrected chi connectivity index (χ1v) is 29.3. The number of rotatable bonds is 47. The van der Waals surface area contributed by atoms with Crippen molar-refractivity contribution < 1.29 is 39.2 Å². The lowest BCUT2D eigenvalue weighted by Gasteiger charge is -2.15. The van der Waals surface area contributed by atoms with Crippen LogP contribution in [0.1, 0.15) is 330 Å². The van der Waals surface area contributed by atoms with Gasteiger partial charge in [-0.15, -0.1) is 0 Å². The molecule has 0 saturated heterocycles. The van der Waals surface area contributed by atoms with Crippen molar-refractivity contribution in [2.24, 2.45) is 0 Å². The van der Waals surface area contributed by atoms with E-state index in [2.05, 4.69) is 20.8 Å². The second-order valence-electron chi connectivity index (χ2n) is 20.3. The lowest BCUT2D eigenvalue weighted by Crippen LogP contribution is -2.14. The molecule has 0 radical (unpaired) electrons. The number of carbonyl (C=O) groups excluding carboxylic acids is 1. The van der Waals surface area contributed by atoms with E-state index in [9.17, 15) is 29.4 Å². The Hall–Kier alpha value is -3.68. The molecule has 0 unspecified atom stereocenters. The van der Waals surface area contributed by atoms with Crippen LogP contribution in [-0.4, -0.2) is 45.8 Å². The van der Waals surface area contributed by atoms with E-state index in [4.69, 9.17) is 9.84 Å². The molecule has 0 aliphatic heterocycles. The maximum atomic E-state index is 12.1. The van der Waals surface area contributed by atoms with E-state index >= 15 is 0 Å². The third kappa shape index (κ3) is 33.8. The number of aromatic carboxylic acids is 3. The predicted molar refractivity (Wildman–Crippen MR) is 293 cm³/mol.